The highest BCUT2D eigenvalue weighted by Crippen LogP contribution is 2.27. The van der Waals surface area contributed by atoms with Crippen molar-refractivity contribution in [2.75, 3.05) is 20.2 Å². The Balaban J connectivity index is 1.90. The minimum absolute atomic E-state index is 0.0374. The summed E-state index contributed by atoms with van der Waals surface area (Å²) in [6.07, 6.45) is 5.66. The molecular formula is C25H31ClN2O4. The summed E-state index contributed by atoms with van der Waals surface area (Å²) >= 11 is 5.99. The molecule has 1 amide bonds. The number of amides is 1. The molecule has 0 saturated heterocycles. The number of Topliss-reactive ketones (excluding diaryl/α,β-unsaturated/α-hetero) is 1. The van der Waals surface area contributed by atoms with E-state index in [1.54, 1.807) is 54.6 Å². The Hall–Kier alpha value is -2.60. The van der Waals surface area contributed by atoms with Gasteiger partial charge in [0.25, 0.3) is 5.91 Å². The number of benzene rings is 1. The molecule has 1 heterocycles. The zero-order chi connectivity index (χ0) is 23.4. The van der Waals surface area contributed by atoms with Crippen LogP contribution in [0.25, 0.3) is 0 Å². The van der Waals surface area contributed by atoms with Crippen molar-refractivity contribution in [3.63, 3.8) is 0 Å². The molecule has 1 aliphatic rings. The molecule has 0 atom stereocenters. The summed E-state index contributed by atoms with van der Waals surface area (Å²) in [4.78, 5) is 40.6. The van der Waals surface area contributed by atoms with Crippen LogP contribution in [-0.2, 0) is 11.8 Å². The number of ether oxygens (including phenoxy) is 1. The number of ketones is 1. The van der Waals surface area contributed by atoms with Crippen molar-refractivity contribution in [1.82, 2.24) is 9.47 Å². The molecule has 0 radical (unpaired) electrons. The van der Waals surface area contributed by atoms with Gasteiger partial charge in [-0.25, -0.2) is 4.79 Å². The van der Waals surface area contributed by atoms with Crippen LogP contribution in [0.3, 0.4) is 0 Å². The molecule has 1 aromatic carbocycles. The van der Waals surface area contributed by atoms with E-state index in [1.165, 1.54) is 13.5 Å². The first kappa shape index (κ1) is 24.1. The Labute approximate surface area is 194 Å². The monoisotopic (exact) mass is 458 g/mol. The average molecular weight is 459 g/mol. The Bertz CT molecular complexity index is 1000. The van der Waals surface area contributed by atoms with Crippen LogP contribution >= 0.6 is 11.6 Å². The van der Waals surface area contributed by atoms with Crippen LogP contribution in [0, 0.1) is 19.8 Å². The van der Waals surface area contributed by atoms with Gasteiger partial charge >= 0.3 is 5.97 Å². The summed E-state index contributed by atoms with van der Waals surface area (Å²) in [7, 11) is 3.06. The van der Waals surface area contributed by atoms with Crippen molar-refractivity contribution in [2.24, 2.45) is 13.0 Å². The number of rotatable bonds is 7. The standard InChI is InChI=1S/C25H31ClN2O4/c1-16-22(17(2)27(3)23(16)25(31)32-4)21(29)15-28(14-18-8-6-5-7-9-18)24(30)19-10-12-20(26)13-11-19/h10-13,18H,5-9,14-15H2,1-4H3. The van der Waals surface area contributed by atoms with Gasteiger partial charge in [-0.2, -0.15) is 0 Å². The van der Waals surface area contributed by atoms with Gasteiger partial charge in [0.2, 0.25) is 0 Å². The molecule has 0 bridgehead atoms. The predicted molar refractivity (Wildman–Crippen MR) is 124 cm³/mol. The van der Waals surface area contributed by atoms with E-state index < -0.39 is 5.97 Å². The maximum absolute atomic E-state index is 13.4. The number of halogens is 1. The van der Waals surface area contributed by atoms with Gasteiger partial charge in [-0.1, -0.05) is 30.9 Å². The third-order valence-electron chi connectivity index (χ3n) is 6.50. The number of nitrogens with zero attached hydrogens (tertiary/aromatic N) is 2. The number of carbonyl (C=O) groups excluding carboxylic acids is 3. The SMILES string of the molecule is COC(=O)c1c(C)c(C(=O)CN(CC2CCCCC2)C(=O)c2ccc(Cl)cc2)c(C)n1C. The van der Waals surface area contributed by atoms with Crippen molar-refractivity contribution < 1.29 is 19.1 Å². The first-order chi connectivity index (χ1) is 15.2. The van der Waals surface area contributed by atoms with Crippen molar-refractivity contribution >= 4 is 29.3 Å². The molecule has 7 heteroatoms. The van der Waals surface area contributed by atoms with Gasteiger partial charge in [-0.05, 0) is 62.4 Å². The maximum Gasteiger partial charge on any atom is 0.354 e. The number of methoxy groups -OCH3 is 1. The van der Waals surface area contributed by atoms with Crippen LogP contribution in [0.1, 0.15) is 74.6 Å². The fourth-order valence-electron chi connectivity index (χ4n) is 4.70. The van der Waals surface area contributed by atoms with Crippen LogP contribution in [-0.4, -0.2) is 47.3 Å². The van der Waals surface area contributed by atoms with Gasteiger partial charge in [-0.3, -0.25) is 9.59 Å². The van der Waals surface area contributed by atoms with E-state index in [0.29, 0.717) is 45.6 Å². The summed E-state index contributed by atoms with van der Waals surface area (Å²) in [5, 5.41) is 0.558. The highest BCUT2D eigenvalue weighted by atomic mass is 35.5. The van der Waals surface area contributed by atoms with E-state index >= 15 is 0 Å². The quantitative estimate of drug-likeness (QED) is 0.433. The molecule has 0 spiro atoms. The fraction of sp³-hybridized carbons (Fsp3) is 0.480. The van der Waals surface area contributed by atoms with Crippen molar-refractivity contribution in [3.8, 4) is 0 Å². The van der Waals surface area contributed by atoms with E-state index in [1.807, 2.05) is 0 Å². The fourth-order valence-corrected chi connectivity index (χ4v) is 4.83. The van der Waals surface area contributed by atoms with Crippen LogP contribution in [0.15, 0.2) is 24.3 Å². The summed E-state index contributed by atoms with van der Waals surface area (Å²) in [6, 6.07) is 6.75. The third kappa shape index (κ3) is 5.07. The Kier molecular flexibility index (Phi) is 7.77. The molecule has 6 nitrogen and oxygen atoms in total. The molecule has 172 valence electrons. The van der Waals surface area contributed by atoms with Gasteiger partial charge in [0, 0.05) is 35.4 Å². The van der Waals surface area contributed by atoms with Crippen LogP contribution in [0.4, 0.5) is 0 Å². The molecule has 2 aromatic rings. The van der Waals surface area contributed by atoms with E-state index in [0.717, 1.165) is 25.7 Å². The summed E-state index contributed by atoms with van der Waals surface area (Å²) in [5.41, 5.74) is 2.61. The first-order valence-electron chi connectivity index (χ1n) is 11.1. The number of carbonyl (C=O) groups is 3. The zero-order valence-corrected chi connectivity index (χ0v) is 20.0. The smallest absolute Gasteiger partial charge is 0.354 e. The normalized spacial score (nSPS) is 14.3. The van der Waals surface area contributed by atoms with Crippen LogP contribution < -0.4 is 0 Å². The minimum atomic E-state index is -0.483. The van der Waals surface area contributed by atoms with E-state index in [-0.39, 0.29) is 18.2 Å². The highest BCUT2D eigenvalue weighted by molar-refractivity contribution is 6.30. The Morgan fingerprint density at radius 3 is 2.31 bits per heavy atom. The second-order valence-corrected chi connectivity index (χ2v) is 9.04. The molecular weight excluding hydrogens is 428 g/mol. The largest absolute Gasteiger partial charge is 0.464 e. The number of hydrogen-bond acceptors (Lipinski definition) is 4. The number of hydrogen-bond donors (Lipinski definition) is 0. The molecule has 1 aliphatic carbocycles. The predicted octanol–water partition coefficient (Wildman–Crippen LogP) is 4.99. The molecule has 32 heavy (non-hydrogen) atoms. The van der Waals surface area contributed by atoms with Crippen molar-refractivity contribution in [1.29, 1.82) is 0 Å². The lowest BCUT2D eigenvalue weighted by atomic mass is 9.88. The average Bonchev–Trinajstić information content (AvgIpc) is 3.01. The minimum Gasteiger partial charge on any atom is -0.464 e. The second-order valence-electron chi connectivity index (χ2n) is 8.60. The van der Waals surface area contributed by atoms with Gasteiger partial charge in [0.15, 0.2) is 5.78 Å². The molecule has 1 aromatic heterocycles. The Morgan fingerprint density at radius 1 is 1.09 bits per heavy atom. The number of esters is 1. The lowest BCUT2D eigenvalue weighted by Crippen LogP contribution is -2.40. The third-order valence-corrected chi connectivity index (χ3v) is 6.76. The number of aromatic nitrogens is 1. The summed E-state index contributed by atoms with van der Waals surface area (Å²) in [6.45, 7) is 4.06. The van der Waals surface area contributed by atoms with Gasteiger partial charge in [0.1, 0.15) is 5.69 Å². The van der Waals surface area contributed by atoms with E-state index in [4.69, 9.17) is 16.3 Å². The highest BCUT2D eigenvalue weighted by Gasteiger charge is 2.29. The Morgan fingerprint density at radius 2 is 1.72 bits per heavy atom. The molecule has 0 N–H and O–H groups in total. The summed E-state index contributed by atoms with van der Waals surface area (Å²) < 4.78 is 6.57. The first-order valence-corrected chi connectivity index (χ1v) is 11.4. The molecule has 1 fully saturated rings. The van der Waals surface area contributed by atoms with E-state index in [2.05, 4.69) is 0 Å². The molecule has 0 aliphatic heterocycles. The molecule has 1 saturated carbocycles. The summed E-state index contributed by atoms with van der Waals surface area (Å²) in [5.74, 6) is -0.455. The van der Waals surface area contributed by atoms with E-state index in [9.17, 15) is 14.4 Å². The maximum atomic E-state index is 13.4. The lowest BCUT2D eigenvalue weighted by molar-refractivity contribution is 0.0588. The molecule has 0 unspecified atom stereocenters. The second kappa shape index (κ2) is 10.3. The van der Waals surface area contributed by atoms with Gasteiger partial charge < -0.3 is 14.2 Å². The lowest BCUT2D eigenvalue weighted by Gasteiger charge is -2.29. The molecule has 3 rings (SSSR count). The van der Waals surface area contributed by atoms with Crippen LogP contribution in [0.5, 0.6) is 0 Å². The zero-order valence-electron chi connectivity index (χ0n) is 19.2. The van der Waals surface area contributed by atoms with Gasteiger partial charge in [0.05, 0.1) is 13.7 Å². The van der Waals surface area contributed by atoms with Gasteiger partial charge in [-0.15, -0.1) is 0 Å². The van der Waals surface area contributed by atoms with Crippen molar-refractivity contribution in [3.05, 3.63) is 57.4 Å². The van der Waals surface area contributed by atoms with Crippen molar-refractivity contribution in [2.45, 2.75) is 46.0 Å². The van der Waals surface area contributed by atoms with Crippen LogP contribution in [0.2, 0.25) is 5.02 Å². The topological polar surface area (TPSA) is 68.6 Å².